The van der Waals surface area contributed by atoms with Crippen molar-refractivity contribution in [3.05, 3.63) is 23.6 Å². The molecule has 0 aromatic heterocycles. The second-order valence-corrected chi connectivity index (χ2v) is 21.6. The summed E-state index contributed by atoms with van der Waals surface area (Å²) in [5, 5.41) is 0. The number of carbonyl (C=O) groups is 1. The van der Waals surface area contributed by atoms with E-state index in [1.165, 1.54) is 0 Å². The quantitative estimate of drug-likeness (QED) is 0.270. The predicted molar refractivity (Wildman–Crippen MR) is 125 cm³/mol. The number of hydrogen-bond donors (Lipinski definition) is 0. The Morgan fingerprint density at radius 1 is 0.500 bits per heavy atom. The number of rotatable bonds is 10. The highest BCUT2D eigenvalue weighted by Gasteiger charge is 2.41. The van der Waals surface area contributed by atoms with Crippen molar-refractivity contribution in [1.82, 2.24) is 0 Å². The summed E-state index contributed by atoms with van der Waals surface area (Å²) in [4.78, 5) is 12.7. The van der Waals surface area contributed by atoms with Gasteiger partial charge in [-0.05, 0) is 45.4 Å². The maximum Gasteiger partial charge on any atom is 0.177 e. The van der Waals surface area contributed by atoms with Gasteiger partial charge in [-0.3, -0.25) is 4.79 Å². The van der Waals surface area contributed by atoms with Crippen molar-refractivity contribution in [3.63, 3.8) is 0 Å². The van der Waals surface area contributed by atoms with Crippen LogP contribution < -0.4 is 0 Å². The molecule has 0 aliphatic rings. The second kappa shape index (κ2) is 10.2. The van der Waals surface area contributed by atoms with Crippen LogP contribution in [0.1, 0.15) is 83.1 Å². The Morgan fingerprint density at radius 3 is 0.846 bits per heavy atom. The number of hydrogen-bond acceptors (Lipinski definition) is 1. The van der Waals surface area contributed by atoms with Gasteiger partial charge < -0.3 is 0 Å². The summed E-state index contributed by atoms with van der Waals surface area (Å²) < 4.78 is 0. The maximum atomic E-state index is 12.7. The molecule has 0 unspecified atom stereocenters. The van der Waals surface area contributed by atoms with E-state index in [-0.39, 0.29) is 5.78 Å². The molecule has 0 N–H and O–H groups in total. The molecule has 0 aliphatic heterocycles. The molecule has 0 spiro atoms. The van der Waals surface area contributed by atoms with E-state index in [2.05, 4.69) is 94.5 Å². The van der Waals surface area contributed by atoms with Crippen molar-refractivity contribution in [2.75, 3.05) is 0 Å². The molecule has 0 rings (SSSR count). The van der Waals surface area contributed by atoms with Gasteiger partial charge in [-0.2, -0.15) is 0 Å². The Hall–Kier alpha value is -0.416. The Morgan fingerprint density at radius 2 is 0.692 bits per heavy atom. The van der Waals surface area contributed by atoms with E-state index in [4.69, 9.17) is 0 Å². The van der Waals surface area contributed by atoms with E-state index in [1.807, 2.05) is 12.2 Å². The molecule has 0 aromatic rings. The fourth-order valence-electron chi connectivity index (χ4n) is 5.66. The lowest BCUT2D eigenvalue weighted by atomic mass is 10.4. The van der Waals surface area contributed by atoms with Crippen LogP contribution >= 0.6 is 0 Å². The van der Waals surface area contributed by atoms with Crippen LogP contribution in [0.15, 0.2) is 23.6 Å². The average Bonchev–Trinajstić information content (AvgIpc) is 2.45. The molecule has 0 amide bonds. The monoisotopic (exact) mass is 394 g/mol. The van der Waals surface area contributed by atoms with E-state index in [0.29, 0.717) is 33.2 Å². The Balaban J connectivity index is 5.75. The van der Waals surface area contributed by atoms with Crippen molar-refractivity contribution < 1.29 is 4.79 Å². The molecule has 0 aliphatic carbocycles. The third kappa shape index (κ3) is 5.31. The van der Waals surface area contributed by atoms with Gasteiger partial charge in [0.25, 0.3) is 0 Å². The second-order valence-electron chi connectivity index (χ2n) is 10.00. The summed E-state index contributed by atoms with van der Waals surface area (Å²) in [7, 11) is -3.31. The highest BCUT2D eigenvalue weighted by Crippen LogP contribution is 2.43. The summed E-state index contributed by atoms with van der Waals surface area (Å²) in [5.41, 5.74) is 8.57. The molecule has 0 radical (unpaired) electrons. The molecular formula is C23H46OSi2. The lowest BCUT2D eigenvalue weighted by Crippen LogP contribution is -2.43. The van der Waals surface area contributed by atoms with Gasteiger partial charge in [-0.1, -0.05) is 94.5 Å². The molecule has 0 atom stereocenters. The fraction of sp³-hybridized carbons (Fsp3) is 0.783. The first kappa shape index (κ1) is 25.6. The minimum absolute atomic E-state index is 0.183. The summed E-state index contributed by atoms with van der Waals surface area (Å²) in [5.74, 6) is 0.183. The standard InChI is InChI=1S/C23H46OSi2/c1-17(2)25(18(3)4,19(5)6)15-13-23(24)14-16-26(20(7)8,21(9)10)22(11)12/h13-22H,1-12H3/b15-13+,16-14+. The topological polar surface area (TPSA) is 17.1 Å². The zero-order valence-corrected chi connectivity index (χ0v) is 21.7. The van der Waals surface area contributed by atoms with Gasteiger partial charge in [-0.15, -0.1) is 0 Å². The molecule has 0 fully saturated rings. The lowest BCUT2D eigenvalue weighted by Gasteiger charge is -2.41. The van der Waals surface area contributed by atoms with Crippen LogP contribution in [0, 0.1) is 0 Å². The summed E-state index contributed by atoms with van der Waals surface area (Å²) in [6.45, 7) is 28.1. The molecule has 3 heteroatoms. The largest absolute Gasteiger partial charge is 0.290 e. The Bertz CT molecular complexity index is 409. The molecule has 0 aromatic carbocycles. The van der Waals surface area contributed by atoms with Crippen LogP contribution in [0.5, 0.6) is 0 Å². The number of allylic oxidation sites excluding steroid dienone is 2. The van der Waals surface area contributed by atoms with E-state index < -0.39 is 16.1 Å². The first-order chi connectivity index (χ1) is 11.8. The predicted octanol–water partition coefficient (Wildman–Crippen LogP) is 8.10. The lowest BCUT2D eigenvalue weighted by molar-refractivity contribution is -0.110. The van der Waals surface area contributed by atoms with Crippen molar-refractivity contribution in [2.24, 2.45) is 0 Å². The van der Waals surface area contributed by atoms with Crippen molar-refractivity contribution in [3.8, 4) is 0 Å². The Kier molecular flexibility index (Phi) is 10.1. The first-order valence-corrected chi connectivity index (χ1v) is 15.3. The normalized spacial score (nSPS) is 14.5. The van der Waals surface area contributed by atoms with E-state index in [1.54, 1.807) is 0 Å². The minimum Gasteiger partial charge on any atom is -0.290 e. The fourth-order valence-corrected chi connectivity index (χ4v) is 16.9. The van der Waals surface area contributed by atoms with Gasteiger partial charge in [0.15, 0.2) is 5.78 Å². The molecule has 1 nitrogen and oxygen atoms in total. The van der Waals surface area contributed by atoms with Gasteiger partial charge in [-0.25, -0.2) is 0 Å². The summed E-state index contributed by atoms with van der Waals surface area (Å²) in [6, 6.07) is 0. The molecule has 26 heavy (non-hydrogen) atoms. The van der Waals surface area contributed by atoms with Gasteiger partial charge in [0.2, 0.25) is 0 Å². The van der Waals surface area contributed by atoms with Crippen molar-refractivity contribution in [1.29, 1.82) is 0 Å². The van der Waals surface area contributed by atoms with Crippen LogP contribution in [0.25, 0.3) is 0 Å². The molecule has 0 saturated heterocycles. The van der Waals surface area contributed by atoms with E-state index >= 15 is 0 Å². The highest BCUT2D eigenvalue weighted by atomic mass is 28.3. The van der Waals surface area contributed by atoms with Gasteiger partial charge in [0.1, 0.15) is 0 Å². The average molecular weight is 395 g/mol. The smallest absolute Gasteiger partial charge is 0.177 e. The number of carbonyl (C=O) groups excluding carboxylic acids is 1. The summed E-state index contributed by atoms with van der Waals surface area (Å²) >= 11 is 0. The molecular weight excluding hydrogens is 348 g/mol. The van der Waals surface area contributed by atoms with Crippen LogP contribution in [0.4, 0.5) is 0 Å². The molecule has 0 saturated carbocycles. The van der Waals surface area contributed by atoms with Gasteiger partial charge in [0, 0.05) is 0 Å². The first-order valence-electron chi connectivity index (χ1n) is 10.7. The number of ketones is 1. The zero-order chi connectivity index (χ0) is 20.9. The van der Waals surface area contributed by atoms with Crippen molar-refractivity contribution in [2.45, 2.75) is 116 Å². The maximum absolute atomic E-state index is 12.7. The van der Waals surface area contributed by atoms with E-state index in [9.17, 15) is 4.79 Å². The van der Waals surface area contributed by atoms with Gasteiger partial charge in [0.05, 0.1) is 16.1 Å². The van der Waals surface area contributed by atoms with Crippen LogP contribution in [-0.4, -0.2) is 21.9 Å². The van der Waals surface area contributed by atoms with Crippen LogP contribution in [-0.2, 0) is 4.79 Å². The molecule has 152 valence electrons. The molecule has 0 heterocycles. The van der Waals surface area contributed by atoms with Crippen LogP contribution in [0.2, 0.25) is 33.2 Å². The van der Waals surface area contributed by atoms with Gasteiger partial charge >= 0.3 is 0 Å². The molecule has 0 bridgehead atoms. The summed E-state index contributed by atoms with van der Waals surface area (Å²) in [6.07, 6.45) is 3.81. The van der Waals surface area contributed by atoms with Crippen LogP contribution in [0.3, 0.4) is 0 Å². The van der Waals surface area contributed by atoms with Crippen molar-refractivity contribution >= 4 is 21.9 Å². The van der Waals surface area contributed by atoms with E-state index in [0.717, 1.165) is 0 Å². The third-order valence-electron chi connectivity index (χ3n) is 7.07. The Labute approximate surface area is 166 Å². The SMILES string of the molecule is CC(C)[Si](/C=C/C(=O)/C=C/[Si](C(C)C)(C(C)C)C(C)C)(C(C)C)C(C)C. The highest BCUT2D eigenvalue weighted by molar-refractivity contribution is 6.88. The zero-order valence-electron chi connectivity index (χ0n) is 19.7. The third-order valence-corrected chi connectivity index (χ3v) is 20.6. The minimum atomic E-state index is -1.65.